The van der Waals surface area contributed by atoms with E-state index in [0.29, 0.717) is 5.52 Å². The number of hydrogen-bond acceptors (Lipinski definition) is 3. The highest BCUT2D eigenvalue weighted by molar-refractivity contribution is 7.22. The monoisotopic (exact) mass is 242 g/mol. The van der Waals surface area contributed by atoms with Crippen molar-refractivity contribution in [3.8, 4) is 0 Å². The first-order valence-electron chi connectivity index (χ1n) is 4.52. The van der Waals surface area contributed by atoms with Crippen LogP contribution in [0.5, 0.6) is 0 Å². The molecule has 0 aliphatic rings. The number of carbonyl (C=O) groups is 1. The lowest BCUT2D eigenvalue weighted by molar-refractivity contribution is -0.126. The molecule has 16 heavy (non-hydrogen) atoms. The average molecular weight is 242 g/mol. The maximum atomic E-state index is 12.0. The van der Waals surface area contributed by atoms with E-state index in [9.17, 15) is 13.6 Å². The minimum Gasteiger partial charge on any atom is -0.297 e. The Kier molecular flexibility index (Phi) is 2.82. The van der Waals surface area contributed by atoms with Gasteiger partial charge in [-0.25, -0.2) is 4.98 Å². The van der Waals surface area contributed by atoms with E-state index in [2.05, 4.69) is 10.3 Å². The zero-order chi connectivity index (χ0) is 11.7. The number of anilines is 1. The van der Waals surface area contributed by atoms with Gasteiger partial charge in [0.1, 0.15) is 0 Å². The number of alkyl halides is 2. The summed E-state index contributed by atoms with van der Waals surface area (Å²) in [6.07, 6.45) is -3.02. The Hall–Kier alpha value is -1.56. The predicted molar refractivity (Wildman–Crippen MR) is 59.0 cm³/mol. The second-order valence-corrected chi connectivity index (χ2v) is 4.31. The van der Waals surface area contributed by atoms with Gasteiger partial charge in [-0.05, 0) is 24.6 Å². The van der Waals surface area contributed by atoms with Crippen molar-refractivity contribution >= 4 is 32.6 Å². The van der Waals surface area contributed by atoms with Gasteiger partial charge in [0.15, 0.2) is 5.13 Å². The third kappa shape index (κ3) is 2.16. The highest BCUT2D eigenvalue weighted by Crippen LogP contribution is 2.26. The molecule has 0 saturated heterocycles. The van der Waals surface area contributed by atoms with Crippen LogP contribution in [0, 0.1) is 6.92 Å². The lowest BCUT2D eigenvalue weighted by Gasteiger charge is -1.97. The Morgan fingerprint density at radius 2 is 2.25 bits per heavy atom. The Morgan fingerprint density at radius 3 is 2.94 bits per heavy atom. The second kappa shape index (κ2) is 4.13. The molecule has 0 spiro atoms. The lowest BCUT2D eigenvalue weighted by atomic mass is 10.2. The van der Waals surface area contributed by atoms with Crippen LogP contribution < -0.4 is 5.32 Å². The molecular weight excluding hydrogens is 234 g/mol. The molecule has 2 aromatic rings. The third-order valence-corrected chi connectivity index (χ3v) is 2.91. The molecule has 3 nitrogen and oxygen atoms in total. The van der Waals surface area contributed by atoms with Gasteiger partial charge < -0.3 is 0 Å². The summed E-state index contributed by atoms with van der Waals surface area (Å²) in [6, 6.07) is 5.56. The molecule has 0 bridgehead atoms. The molecule has 0 atom stereocenters. The standard InChI is InChI=1S/C10H8F2N2OS/c1-5-2-3-6-7(4-5)16-10(13-6)14-9(15)8(11)12/h2-4,8H,1H3,(H,13,14,15). The first kappa shape index (κ1) is 10.9. The van der Waals surface area contributed by atoms with Gasteiger partial charge in [-0.1, -0.05) is 17.4 Å². The minimum absolute atomic E-state index is 0.200. The zero-order valence-electron chi connectivity index (χ0n) is 8.33. The van der Waals surface area contributed by atoms with E-state index in [1.165, 1.54) is 11.3 Å². The van der Waals surface area contributed by atoms with Gasteiger partial charge in [-0.15, -0.1) is 0 Å². The molecule has 0 fully saturated rings. The van der Waals surface area contributed by atoms with Crippen LogP contribution in [0.3, 0.4) is 0 Å². The summed E-state index contributed by atoms with van der Waals surface area (Å²) in [7, 11) is 0. The fourth-order valence-electron chi connectivity index (χ4n) is 1.25. The number of nitrogens with zero attached hydrogens (tertiary/aromatic N) is 1. The van der Waals surface area contributed by atoms with E-state index < -0.39 is 12.3 Å². The second-order valence-electron chi connectivity index (χ2n) is 3.28. The Balaban J connectivity index is 2.29. The van der Waals surface area contributed by atoms with E-state index in [4.69, 9.17) is 0 Å². The van der Waals surface area contributed by atoms with Crippen molar-refractivity contribution in [3.05, 3.63) is 23.8 Å². The highest BCUT2D eigenvalue weighted by Gasteiger charge is 2.16. The van der Waals surface area contributed by atoms with Crippen LogP contribution in [0.15, 0.2) is 18.2 Å². The number of carbonyl (C=O) groups excluding carboxylic acids is 1. The largest absolute Gasteiger partial charge is 0.315 e. The molecular formula is C10H8F2N2OS. The Bertz CT molecular complexity index is 539. The van der Waals surface area contributed by atoms with Crippen LogP contribution in [0.1, 0.15) is 5.56 Å². The number of fused-ring (bicyclic) bond motifs is 1. The molecule has 0 saturated carbocycles. The molecule has 2 rings (SSSR count). The Morgan fingerprint density at radius 1 is 1.50 bits per heavy atom. The normalized spacial score (nSPS) is 11.0. The molecule has 6 heteroatoms. The van der Waals surface area contributed by atoms with E-state index in [1.54, 1.807) is 6.07 Å². The number of aryl methyl sites for hydroxylation is 1. The fourth-order valence-corrected chi connectivity index (χ4v) is 2.21. The summed E-state index contributed by atoms with van der Waals surface area (Å²) in [5.41, 5.74) is 1.75. The van der Waals surface area contributed by atoms with Crippen molar-refractivity contribution in [1.82, 2.24) is 4.98 Å². The average Bonchev–Trinajstić information content (AvgIpc) is 2.58. The van der Waals surface area contributed by atoms with Crippen LogP contribution in [-0.2, 0) is 4.79 Å². The van der Waals surface area contributed by atoms with Crippen LogP contribution >= 0.6 is 11.3 Å². The minimum atomic E-state index is -3.02. The molecule has 0 aliphatic carbocycles. The topological polar surface area (TPSA) is 42.0 Å². The number of nitrogens with one attached hydrogen (secondary N) is 1. The van der Waals surface area contributed by atoms with E-state index in [-0.39, 0.29) is 5.13 Å². The predicted octanol–water partition coefficient (Wildman–Crippen LogP) is 2.81. The summed E-state index contributed by atoms with van der Waals surface area (Å²) in [4.78, 5) is 14.8. The highest BCUT2D eigenvalue weighted by atomic mass is 32.1. The van der Waals surface area contributed by atoms with Gasteiger partial charge >= 0.3 is 6.43 Å². The van der Waals surface area contributed by atoms with Crippen molar-refractivity contribution in [3.63, 3.8) is 0 Å². The van der Waals surface area contributed by atoms with Gasteiger partial charge in [0.2, 0.25) is 0 Å². The Labute approximate surface area is 94.1 Å². The molecule has 1 aromatic carbocycles. The van der Waals surface area contributed by atoms with E-state index in [1.807, 2.05) is 19.1 Å². The summed E-state index contributed by atoms with van der Waals surface area (Å²) >= 11 is 1.18. The molecule has 0 aliphatic heterocycles. The summed E-state index contributed by atoms with van der Waals surface area (Å²) in [5, 5.41) is 2.27. The summed E-state index contributed by atoms with van der Waals surface area (Å²) in [5.74, 6) is -1.32. The number of benzene rings is 1. The molecule has 0 radical (unpaired) electrons. The number of halogens is 2. The number of amides is 1. The number of thiazole rings is 1. The van der Waals surface area contributed by atoms with Gasteiger partial charge in [0.25, 0.3) is 5.91 Å². The first-order valence-corrected chi connectivity index (χ1v) is 5.34. The number of rotatable bonds is 2. The van der Waals surface area contributed by atoms with Gasteiger partial charge in [-0.2, -0.15) is 8.78 Å². The smallest absolute Gasteiger partial charge is 0.297 e. The van der Waals surface area contributed by atoms with Crippen molar-refractivity contribution < 1.29 is 13.6 Å². The number of aromatic nitrogens is 1. The van der Waals surface area contributed by atoms with Crippen molar-refractivity contribution in [2.45, 2.75) is 13.3 Å². The van der Waals surface area contributed by atoms with Crippen molar-refractivity contribution in [2.24, 2.45) is 0 Å². The molecule has 1 N–H and O–H groups in total. The molecule has 0 unspecified atom stereocenters. The van der Waals surface area contributed by atoms with Gasteiger partial charge in [0, 0.05) is 0 Å². The summed E-state index contributed by atoms with van der Waals surface area (Å²) in [6.45, 7) is 1.93. The quantitative estimate of drug-likeness (QED) is 0.879. The SMILES string of the molecule is Cc1ccc2nc(NC(=O)C(F)F)sc2c1. The van der Waals surface area contributed by atoms with Crippen molar-refractivity contribution in [1.29, 1.82) is 0 Å². The van der Waals surface area contributed by atoms with Gasteiger partial charge in [-0.3, -0.25) is 10.1 Å². The first-order chi connectivity index (χ1) is 7.56. The van der Waals surface area contributed by atoms with Crippen LogP contribution in [0.4, 0.5) is 13.9 Å². The molecule has 84 valence electrons. The zero-order valence-corrected chi connectivity index (χ0v) is 9.15. The van der Waals surface area contributed by atoms with Crippen LogP contribution in [0.25, 0.3) is 10.2 Å². The third-order valence-electron chi connectivity index (χ3n) is 1.97. The molecule has 1 aromatic heterocycles. The molecule has 1 heterocycles. The van der Waals surface area contributed by atoms with Crippen LogP contribution in [-0.4, -0.2) is 17.3 Å². The maximum absolute atomic E-state index is 12.0. The maximum Gasteiger partial charge on any atom is 0.315 e. The molecule has 1 amide bonds. The number of hydrogen-bond donors (Lipinski definition) is 1. The van der Waals surface area contributed by atoms with E-state index in [0.717, 1.165) is 10.3 Å². The summed E-state index contributed by atoms with van der Waals surface area (Å²) < 4.78 is 24.9. The van der Waals surface area contributed by atoms with Crippen LogP contribution in [0.2, 0.25) is 0 Å². The lowest BCUT2D eigenvalue weighted by Crippen LogP contribution is -2.19. The fraction of sp³-hybridized carbons (Fsp3) is 0.200. The van der Waals surface area contributed by atoms with Gasteiger partial charge in [0.05, 0.1) is 10.2 Å². The van der Waals surface area contributed by atoms with E-state index >= 15 is 0 Å². The van der Waals surface area contributed by atoms with Crippen molar-refractivity contribution in [2.75, 3.05) is 5.32 Å².